The first-order valence-electron chi connectivity index (χ1n) is 9.56. The van der Waals surface area contributed by atoms with Crippen LogP contribution in [0.2, 0.25) is 10.0 Å². The predicted octanol–water partition coefficient (Wildman–Crippen LogP) is 3.68. The number of nitrogens with zero attached hydrogens (tertiary/aromatic N) is 1. The Bertz CT molecular complexity index is 751. The Morgan fingerprint density at radius 3 is 2.66 bits per heavy atom. The number of benzene rings is 1. The Balaban J connectivity index is 1.99. The summed E-state index contributed by atoms with van der Waals surface area (Å²) < 4.78 is 5.36. The number of phenolic OH excluding ortho intramolecular Hbond substituents is 1. The molecule has 1 aliphatic rings. The number of likely N-dealkylation sites (tertiary alicyclic amines) is 1. The third kappa shape index (κ3) is 6.66. The first-order valence-corrected chi connectivity index (χ1v) is 10.3. The van der Waals surface area contributed by atoms with Crippen LogP contribution in [0.15, 0.2) is 12.1 Å². The van der Waals surface area contributed by atoms with Crippen molar-refractivity contribution < 1.29 is 24.5 Å². The van der Waals surface area contributed by atoms with Gasteiger partial charge in [0.25, 0.3) is 0 Å². The van der Waals surface area contributed by atoms with Crippen LogP contribution in [-0.4, -0.2) is 58.5 Å². The summed E-state index contributed by atoms with van der Waals surface area (Å²) in [7, 11) is 0. The van der Waals surface area contributed by atoms with E-state index >= 15 is 0 Å². The zero-order chi connectivity index (χ0) is 21.8. The summed E-state index contributed by atoms with van der Waals surface area (Å²) in [5.41, 5.74) is -0.223. The molecule has 3 N–H and O–H groups in total. The molecule has 0 radical (unpaired) electrons. The topological polar surface area (TPSA) is 99.1 Å². The van der Waals surface area contributed by atoms with Crippen molar-refractivity contribution in [2.24, 2.45) is 0 Å². The highest BCUT2D eigenvalue weighted by molar-refractivity contribution is 6.42. The summed E-state index contributed by atoms with van der Waals surface area (Å²) in [5.74, 6) is -0.813. The number of aromatic hydroxyl groups is 1. The van der Waals surface area contributed by atoms with Crippen LogP contribution in [-0.2, 0) is 9.53 Å². The van der Waals surface area contributed by atoms with E-state index in [1.807, 2.05) is 0 Å². The number of aliphatic hydroxyl groups excluding tert-OH is 1. The molecule has 29 heavy (non-hydrogen) atoms. The maximum atomic E-state index is 12.6. The molecule has 0 bridgehead atoms. The van der Waals surface area contributed by atoms with Gasteiger partial charge in [-0.15, -0.1) is 0 Å². The molecule has 7 nitrogen and oxygen atoms in total. The van der Waals surface area contributed by atoms with Crippen LogP contribution >= 0.6 is 23.2 Å². The molecule has 1 heterocycles. The summed E-state index contributed by atoms with van der Waals surface area (Å²) in [6, 6.07) is 2.71. The molecule has 1 aliphatic heterocycles. The minimum atomic E-state index is -0.575. The molecule has 1 fully saturated rings. The molecule has 1 aromatic rings. The van der Waals surface area contributed by atoms with Crippen LogP contribution in [0.5, 0.6) is 5.75 Å². The van der Waals surface area contributed by atoms with Gasteiger partial charge in [-0.05, 0) is 51.7 Å². The van der Waals surface area contributed by atoms with Crippen molar-refractivity contribution in [1.29, 1.82) is 0 Å². The number of halogens is 2. The van der Waals surface area contributed by atoms with Gasteiger partial charge >= 0.3 is 6.09 Å². The Kier molecular flexibility index (Phi) is 8.02. The molecule has 2 rings (SSSR count). The third-order valence-electron chi connectivity index (χ3n) is 4.63. The fraction of sp³-hybridized carbons (Fsp3) is 0.600. The second-order valence-electron chi connectivity index (χ2n) is 8.19. The number of nitrogens with one attached hydrogen (secondary N) is 1. The van der Waals surface area contributed by atoms with Crippen molar-refractivity contribution in [2.45, 2.75) is 57.6 Å². The fourth-order valence-electron chi connectivity index (χ4n) is 3.33. The normalized spacial score (nSPS) is 17.9. The molecule has 0 aromatic heterocycles. The molecular weight excluding hydrogens is 419 g/mol. The van der Waals surface area contributed by atoms with E-state index in [4.69, 9.17) is 27.9 Å². The number of aliphatic hydroxyl groups is 1. The minimum Gasteiger partial charge on any atom is -0.508 e. The van der Waals surface area contributed by atoms with Gasteiger partial charge in [0.1, 0.15) is 11.4 Å². The first kappa shape index (κ1) is 23.6. The zero-order valence-electron chi connectivity index (χ0n) is 16.9. The number of rotatable bonds is 6. The van der Waals surface area contributed by atoms with Crippen molar-refractivity contribution in [3.05, 3.63) is 27.7 Å². The average molecular weight is 447 g/mol. The molecule has 1 aromatic carbocycles. The van der Waals surface area contributed by atoms with Crippen LogP contribution in [0, 0.1) is 0 Å². The van der Waals surface area contributed by atoms with Gasteiger partial charge < -0.3 is 25.2 Å². The van der Waals surface area contributed by atoms with Crippen molar-refractivity contribution in [3.8, 4) is 5.75 Å². The van der Waals surface area contributed by atoms with Gasteiger partial charge in [-0.1, -0.05) is 23.2 Å². The van der Waals surface area contributed by atoms with Crippen molar-refractivity contribution in [1.82, 2.24) is 10.2 Å². The Labute approximate surface area is 180 Å². The first-order chi connectivity index (χ1) is 13.5. The number of hydrogen-bond acceptors (Lipinski definition) is 5. The highest BCUT2D eigenvalue weighted by atomic mass is 35.5. The molecule has 2 atom stereocenters. The summed E-state index contributed by atoms with van der Waals surface area (Å²) in [5, 5.41) is 22.9. The van der Waals surface area contributed by atoms with Crippen LogP contribution in [0.4, 0.5) is 4.79 Å². The third-order valence-corrected chi connectivity index (χ3v) is 5.45. The van der Waals surface area contributed by atoms with Crippen LogP contribution < -0.4 is 5.32 Å². The lowest BCUT2D eigenvalue weighted by Gasteiger charge is -2.24. The van der Waals surface area contributed by atoms with Gasteiger partial charge in [0.05, 0.1) is 10.0 Å². The number of amides is 2. The lowest BCUT2D eigenvalue weighted by atomic mass is 9.91. The second kappa shape index (κ2) is 9.87. The van der Waals surface area contributed by atoms with E-state index < -0.39 is 17.6 Å². The second-order valence-corrected chi connectivity index (χ2v) is 8.97. The number of phenols is 1. The average Bonchev–Trinajstić information content (AvgIpc) is 3.06. The molecule has 162 valence electrons. The smallest absolute Gasteiger partial charge is 0.410 e. The van der Waals surface area contributed by atoms with E-state index in [1.165, 1.54) is 12.1 Å². The number of carbonyl (C=O) groups excluding carboxylic acids is 2. The molecule has 2 amide bonds. The molecule has 0 aliphatic carbocycles. The molecule has 0 spiro atoms. The highest BCUT2D eigenvalue weighted by Gasteiger charge is 2.31. The largest absolute Gasteiger partial charge is 0.508 e. The monoisotopic (exact) mass is 446 g/mol. The van der Waals surface area contributed by atoms with Gasteiger partial charge in [0, 0.05) is 37.7 Å². The molecule has 1 saturated heterocycles. The Morgan fingerprint density at radius 2 is 2.03 bits per heavy atom. The van der Waals surface area contributed by atoms with Crippen molar-refractivity contribution in [2.75, 3.05) is 19.7 Å². The number of carbonyl (C=O) groups is 2. The van der Waals surface area contributed by atoms with Gasteiger partial charge in [0.2, 0.25) is 5.91 Å². The molecule has 9 heteroatoms. The van der Waals surface area contributed by atoms with Gasteiger partial charge in [0.15, 0.2) is 0 Å². The van der Waals surface area contributed by atoms with E-state index in [0.29, 0.717) is 25.1 Å². The van der Waals surface area contributed by atoms with E-state index in [-0.39, 0.29) is 47.2 Å². The van der Waals surface area contributed by atoms with Crippen molar-refractivity contribution >= 4 is 35.2 Å². The van der Waals surface area contributed by atoms with E-state index in [2.05, 4.69) is 5.32 Å². The molecule has 0 saturated carbocycles. The molecular formula is C20H28Cl2N2O5. The summed E-state index contributed by atoms with van der Waals surface area (Å²) in [4.78, 5) is 26.3. The van der Waals surface area contributed by atoms with Crippen LogP contribution in [0.25, 0.3) is 0 Å². The summed E-state index contributed by atoms with van der Waals surface area (Å²) in [6.07, 6.45) is 0.495. The van der Waals surface area contributed by atoms with Gasteiger partial charge in [-0.2, -0.15) is 0 Å². The summed E-state index contributed by atoms with van der Waals surface area (Å²) in [6.45, 7) is 6.11. The van der Waals surface area contributed by atoms with E-state index in [1.54, 1.807) is 25.7 Å². The lowest BCUT2D eigenvalue weighted by Crippen LogP contribution is -2.40. The Hall–Kier alpha value is -1.70. The standard InChI is InChI=1S/C20H28Cl2N2O5/c1-20(2,3)29-19(28)24-8-6-13(11-24)23-16(27)10-12(7-9-25)17-15(26)5-4-14(21)18(17)22/h4-5,12-13,25-26H,6-11H2,1-3H3,(H,23,27). The lowest BCUT2D eigenvalue weighted by molar-refractivity contribution is -0.122. The van der Waals surface area contributed by atoms with Crippen molar-refractivity contribution in [3.63, 3.8) is 0 Å². The fourth-order valence-corrected chi connectivity index (χ4v) is 3.81. The minimum absolute atomic E-state index is 0.0249. The van der Waals surface area contributed by atoms with E-state index in [9.17, 15) is 19.8 Å². The van der Waals surface area contributed by atoms with Crippen LogP contribution in [0.1, 0.15) is 51.5 Å². The maximum Gasteiger partial charge on any atom is 0.410 e. The predicted molar refractivity (Wildman–Crippen MR) is 112 cm³/mol. The summed E-state index contributed by atoms with van der Waals surface area (Å²) >= 11 is 12.3. The maximum absolute atomic E-state index is 12.6. The number of ether oxygens (including phenoxy) is 1. The van der Waals surface area contributed by atoms with Crippen LogP contribution in [0.3, 0.4) is 0 Å². The quantitative estimate of drug-likeness (QED) is 0.618. The number of hydrogen-bond donors (Lipinski definition) is 3. The zero-order valence-corrected chi connectivity index (χ0v) is 18.4. The molecule has 2 unspecified atom stereocenters. The van der Waals surface area contributed by atoms with Gasteiger partial charge in [-0.25, -0.2) is 4.79 Å². The Morgan fingerprint density at radius 1 is 1.34 bits per heavy atom. The highest BCUT2D eigenvalue weighted by Crippen LogP contribution is 2.40. The SMILES string of the molecule is CC(C)(C)OC(=O)N1CCC(NC(=O)CC(CCO)c2c(O)ccc(Cl)c2Cl)C1. The van der Waals surface area contributed by atoms with E-state index in [0.717, 1.165) is 0 Å². The van der Waals surface area contributed by atoms with Gasteiger partial charge in [-0.3, -0.25) is 4.79 Å².